The molecular formula is C27H27N5O3. The number of nitrogens with zero attached hydrogens (tertiary/aromatic N) is 4. The van der Waals surface area contributed by atoms with Gasteiger partial charge in [-0.15, -0.1) is 0 Å². The van der Waals surface area contributed by atoms with Crippen LogP contribution >= 0.6 is 0 Å². The molecule has 2 aromatic heterocycles. The number of carbonyl (C=O) groups is 1. The predicted octanol–water partition coefficient (Wildman–Crippen LogP) is 4.14. The van der Waals surface area contributed by atoms with Gasteiger partial charge in [0.1, 0.15) is 23.4 Å². The lowest BCUT2D eigenvalue weighted by Gasteiger charge is -2.31. The quantitative estimate of drug-likeness (QED) is 0.474. The Bertz CT molecular complexity index is 1510. The van der Waals surface area contributed by atoms with Crippen LogP contribution in [0.25, 0.3) is 21.8 Å². The number of rotatable bonds is 5. The minimum atomic E-state index is -0.0184. The van der Waals surface area contributed by atoms with Crippen molar-refractivity contribution in [2.24, 2.45) is 5.92 Å². The number of amides is 1. The smallest absolute Gasteiger partial charge is 0.219 e. The molecule has 2 bridgehead atoms. The number of aryl methyl sites for hydroxylation is 1. The van der Waals surface area contributed by atoms with Gasteiger partial charge in [0.15, 0.2) is 5.75 Å². The van der Waals surface area contributed by atoms with Crippen LogP contribution in [-0.4, -0.2) is 51.4 Å². The number of fused-ring (bicyclic) bond motifs is 4. The molecular weight excluding hydrogens is 442 g/mol. The number of carbonyl (C=O) groups excluding carboxylic acids is 1. The number of methoxy groups -OCH3 is 1. The van der Waals surface area contributed by atoms with Crippen LogP contribution in [0.1, 0.15) is 36.5 Å². The standard InChI is InChI=1S/C27H27N5O3/c1-15-8-24(34-3)22(21-6-7-29-25(15)21)14-31-12-18-5-4-17(11-28)27(26(18)30-31)35-23-10-20-9-19(23)13-32(20)16(2)33/h4-8,12,19-20,23,29H,9-10,13-14H2,1-3H3/t19-,20-,23+/m0/s1. The second-order valence-corrected chi connectivity index (χ2v) is 9.67. The van der Waals surface area contributed by atoms with Crippen molar-refractivity contribution in [1.29, 1.82) is 5.26 Å². The third kappa shape index (κ3) is 3.42. The van der Waals surface area contributed by atoms with Crippen LogP contribution in [0, 0.1) is 24.2 Å². The fourth-order valence-corrected chi connectivity index (χ4v) is 5.93. The highest BCUT2D eigenvalue weighted by molar-refractivity contribution is 5.89. The molecule has 1 aliphatic carbocycles. The van der Waals surface area contributed by atoms with Gasteiger partial charge in [-0.05, 0) is 43.2 Å². The van der Waals surface area contributed by atoms with E-state index in [1.54, 1.807) is 20.1 Å². The van der Waals surface area contributed by atoms with Crippen LogP contribution in [0.2, 0.25) is 0 Å². The van der Waals surface area contributed by atoms with Crippen LogP contribution in [0.5, 0.6) is 11.5 Å². The fourth-order valence-electron chi connectivity index (χ4n) is 5.93. The zero-order chi connectivity index (χ0) is 24.3. The first kappa shape index (κ1) is 21.5. The Kier molecular flexibility index (Phi) is 4.95. The summed E-state index contributed by atoms with van der Waals surface area (Å²) in [5, 5.41) is 16.7. The summed E-state index contributed by atoms with van der Waals surface area (Å²) in [7, 11) is 1.68. The van der Waals surface area contributed by atoms with Gasteiger partial charge >= 0.3 is 0 Å². The first-order chi connectivity index (χ1) is 17.0. The number of nitriles is 1. The van der Waals surface area contributed by atoms with Gasteiger partial charge in [-0.1, -0.05) is 0 Å². The van der Waals surface area contributed by atoms with Crippen LogP contribution < -0.4 is 9.47 Å². The predicted molar refractivity (Wildman–Crippen MR) is 131 cm³/mol. The van der Waals surface area contributed by atoms with E-state index in [4.69, 9.17) is 14.6 Å². The van der Waals surface area contributed by atoms with Gasteiger partial charge in [-0.3, -0.25) is 9.48 Å². The van der Waals surface area contributed by atoms with E-state index in [1.165, 1.54) is 0 Å². The zero-order valence-electron chi connectivity index (χ0n) is 20.0. The molecule has 1 amide bonds. The molecule has 178 valence electrons. The fraction of sp³-hybridized carbons (Fsp3) is 0.370. The van der Waals surface area contributed by atoms with Gasteiger partial charge in [0.2, 0.25) is 5.91 Å². The molecule has 3 heterocycles. The second-order valence-electron chi connectivity index (χ2n) is 9.67. The topological polar surface area (TPSA) is 96.2 Å². The van der Waals surface area contributed by atoms with E-state index in [2.05, 4.69) is 24.0 Å². The van der Waals surface area contributed by atoms with Crippen molar-refractivity contribution in [3.05, 3.63) is 53.3 Å². The van der Waals surface area contributed by atoms with E-state index >= 15 is 0 Å². The molecule has 2 aliphatic rings. The van der Waals surface area contributed by atoms with Crippen molar-refractivity contribution in [3.8, 4) is 17.6 Å². The summed E-state index contributed by atoms with van der Waals surface area (Å²) in [5.74, 6) is 1.77. The lowest BCUT2D eigenvalue weighted by molar-refractivity contribution is -0.131. The molecule has 35 heavy (non-hydrogen) atoms. The molecule has 6 rings (SSSR count). The molecule has 0 unspecified atom stereocenters. The highest BCUT2D eigenvalue weighted by Gasteiger charge is 2.47. The van der Waals surface area contributed by atoms with Crippen LogP contribution in [0.3, 0.4) is 0 Å². The Morgan fingerprint density at radius 2 is 2.17 bits per heavy atom. The Morgan fingerprint density at radius 3 is 2.89 bits per heavy atom. The van der Waals surface area contributed by atoms with E-state index in [9.17, 15) is 10.1 Å². The van der Waals surface area contributed by atoms with Gasteiger partial charge in [0.25, 0.3) is 0 Å². The van der Waals surface area contributed by atoms with Crippen molar-refractivity contribution < 1.29 is 14.3 Å². The van der Waals surface area contributed by atoms with Gasteiger partial charge in [0.05, 0.1) is 19.2 Å². The number of piperidine rings is 1. The first-order valence-corrected chi connectivity index (χ1v) is 11.9. The molecule has 8 nitrogen and oxygen atoms in total. The number of benzene rings is 2. The number of hydrogen-bond acceptors (Lipinski definition) is 5. The molecule has 0 spiro atoms. The zero-order valence-corrected chi connectivity index (χ0v) is 20.0. The highest BCUT2D eigenvalue weighted by atomic mass is 16.5. The summed E-state index contributed by atoms with van der Waals surface area (Å²) in [5.41, 5.74) is 4.42. The van der Waals surface area contributed by atoms with Gasteiger partial charge in [0, 0.05) is 66.1 Å². The van der Waals surface area contributed by atoms with E-state index in [-0.39, 0.29) is 24.0 Å². The molecule has 2 aromatic carbocycles. The summed E-state index contributed by atoms with van der Waals surface area (Å²) in [6.07, 6.45) is 5.65. The maximum atomic E-state index is 11.9. The van der Waals surface area contributed by atoms with Crippen LogP contribution in [0.4, 0.5) is 0 Å². The minimum absolute atomic E-state index is 0.0184. The molecule has 1 aliphatic heterocycles. The molecule has 1 saturated heterocycles. The SMILES string of the molecule is COc1cc(C)c2[nH]ccc2c1Cn1cc2ccc(C#N)c(O[C@@H]3C[C@@H]4C[C@H]3CN4C(C)=O)c2n1. The Labute approximate surface area is 203 Å². The Hall–Kier alpha value is -3.99. The van der Waals surface area contributed by atoms with Gasteiger partial charge < -0.3 is 19.4 Å². The summed E-state index contributed by atoms with van der Waals surface area (Å²) < 4.78 is 14.1. The summed E-state index contributed by atoms with van der Waals surface area (Å²) in [4.78, 5) is 17.1. The number of aromatic amines is 1. The molecule has 0 radical (unpaired) electrons. The maximum absolute atomic E-state index is 11.9. The maximum Gasteiger partial charge on any atom is 0.219 e. The molecule has 4 aromatic rings. The van der Waals surface area contributed by atoms with Crippen molar-refractivity contribution in [1.82, 2.24) is 19.7 Å². The average molecular weight is 470 g/mol. The van der Waals surface area contributed by atoms with Crippen LogP contribution in [-0.2, 0) is 11.3 Å². The van der Waals surface area contributed by atoms with Crippen molar-refractivity contribution >= 4 is 27.7 Å². The van der Waals surface area contributed by atoms with E-state index in [0.29, 0.717) is 23.4 Å². The minimum Gasteiger partial charge on any atom is -0.496 e. The number of likely N-dealkylation sites (tertiary alicyclic amines) is 1. The van der Waals surface area contributed by atoms with E-state index < -0.39 is 0 Å². The molecule has 1 saturated carbocycles. The Morgan fingerprint density at radius 1 is 1.31 bits per heavy atom. The largest absolute Gasteiger partial charge is 0.496 e. The second kappa shape index (κ2) is 8.05. The first-order valence-electron chi connectivity index (χ1n) is 11.9. The lowest BCUT2D eigenvalue weighted by Crippen LogP contribution is -2.42. The number of aromatic nitrogens is 3. The molecule has 3 atom stereocenters. The van der Waals surface area contributed by atoms with Crippen molar-refractivity contribution in [2.45, 2.75) is 45.4 Å². The van der Waals surface area contributed by atoms with Crippen molar-refractivity contribution in [3.63, 3.8) is 0 Å². The lowest BCUT2D eigenvalue weighted by atomic mass is 10.0. The van der Waals surface area contributed by atoms with Gasteiger partial charge in [-0.2, -0.15) is 10.4 Å². The number of H-pyrrole nitrogens is 1. The third-order valence-corrected chi connectivity index (χ3v) is 7.60. The number of nitrogens with one attached hydrogen (secondary N) is 1. The Balaban J connectivity index is 1.35. The number of hydrogen-bond donors (Lipinski definition) is 1. The van der Waals surface area contributed by atoms with Gasteiger partial charge in [-0.25, -0.2) is 0 Å². The summed E-state index contributed by atoms with van der Waals surface area (Å²) >= 11 is 0. The van der Waals surface area contributed by atoms with Crippen LogP contribution in [0.15, 0.2) is 36.7 Å². The molecule has 1 N–H and O–H groups in total. The summed E-state index contributed by atoms with van der Waals surface area (Å²) in [6.45, 7) is 4.93. The average Bonchev–Trinajstić information content (AvgIpc) is 3.63. The highest BCUT2D eigenvalue weighted by Crippen LogP contribution is 2.42. The third-order valence-electron chi connectivity index (χ3n) is 7.60. The van der Waals surface area contributed by atoms with E-state index in [1.807, 2.05) is 34.1 Å². The normalized spacial score (nSPS) is 21.1. The monoisotopic (exact) mass is 469 g/mol. The number of ether oxygens (including phenoxy) is 2. The van der Waals surface area contributed by atoms with Crippen molar-refractivity contribution in [2.75, 3.05) is 13.7 Å². The molecule has 2 fully saturated rings. The molecule has 8 heteroatoms. The summed E-state index contributed by atoms with van der Waals surface area (Å²) in [6, 6.07) is 10.3. The van der Waals surface area contributed by atoms with E-state index in [0.717, 1.165) is 52.6 Å².